The van der Waals surface area contributed by atoms with E-state index in [1.165, 1.54) is 6.20 Å². The fraction of sp³-hybridized carbons (Fsp3) is 0.286. The lowest BCUT2D eigenvalue weighted by Gasteiger charge is -2.05. The summed E-state index contributed by atoms with van der Waals surface area (Å²) >= 11 is 1.62. The second-order valence-corrected chi connectivity index (χ2v) is 3.41. The van der Waals surface area contributed by atoms with Crippen molar-refractivity contribution < 1.29 is 13.9 Å². The van der Waals surface area contributed by atoms with Gasteiger partial charge in [-0.15, -0.1) is 0 Å². The van der Waals surface area contributed by atoms with Crippen molar-refractivity contribution in [1.82, 2.24) is 4.98 Å². The van der Waals surface area contributed by atoms with Crippen LogP contribution < -0.4 is 5.56 Å². The van der Waals surface area contributed by atoms with Crippen LogP contribution in [0.1, 0.15) is 17.6 Å². The Morgan fingerprint density at radius 3 is 2.69 bits per heavy atom. The molecule has 6 heteroatoms. The van der Waals surface area contributed by atoms with Crippen LogP contribution in [0.2, 0.25) is 0 Å². The molecule has 0 spiro atoms. The van der Waals surface area contributed by atoms with Crippen LogP contribution in [0.25, 0.3) is 0 Å². The average molecular weight is 301 g/mol. The summed E-state index contributed by atoms with van der Waals surface area (Å²) in [5, 5.41) is 8.74. The minimum atomic E-state index is -2.82. The molecule has 0 aromatic carbocycles. The van der Waals surface area contributed by atoms with Gasteiger partial charge < -0.3 is 10.1 Å². The molecule has 0 saturated heterocycles. The Hall–Kier alpha value is -0.500. The third kappa shape index (κ3) is 2.05. The van der Waals surface area contributed by atoms with Gasteiger partial charge in [0.2, 0.25) is 0 Å². The molecule has 0 atom stereocenters. The number of pyridine rings is 1. The largest absolute Gasteiger partial charge is 0.392 e. The van der Waals surface area contributed by atoms with Crippen molar-refractivity contribution in [1.29, 1.82) is 0 Å². The SMILES string of the molecule is O=c1[nH]cc(CO)c(I)c1C(F)F. The number of aliphatic hydroxyl groups excluding tert-OH is 1. The number of rotatable bonds is 2. The molecule has 13 heavy (non-hydrogen) atoms. The Labute approximate surface area is 85.9 Å². The summed E-state index contributed by atoms with van der Waals surface area (Å²) in [6.45, 7) is -0.366. The Bertz CT molecular complexity index is 364. The molecule has 0 unspecified atom stereocenters. The van der Waals surface area contributed by atoms with Crippen LogP contribution in [0.4, 0.5) is 8.78 Å². The summed E-state index contributed by atoms with van der Waals surface area (Å²) in [6, 6.07) is 0. The number of aromatic nitrogens is 1. The molecule has 72 valence electrons. The number of alkyl halides is 2. The second-order valence-electron chi connectivity index (χ2n) is 2.33. The van der Waals surface area contributed by atoms with Crippen LogP contribution >= 0.6 is 22.6 Å². The van der Waals surface area contributed by atoms with E-state index in [1.54, 1.807) is 22.6 Å². The molecule has 0 amide bonds. The van der Waals surface area contributed by atoms with E-state index in [2.05, 4.69) is 4.98 Å². The zero-order valence-corrected chi connectivity index (χ0v) is 8.51. The van der Waals surface area contributed by atoms with Gasteiger partial charge in [-0.05, 0) is 22.6 Å². The molecule has 0 saturated carbocycles. The summed E-state index contributed by atoms with van der Waals surface area (Å²) in [7, 11) is 0. The maximum Gasteiger partial charge on any atom is 0.270 e. The van der Waals surface area contributed by atoms with Crippen LogP contribution in [-0.4, -0.2) is 10.1 Å². The molecule has 0 aliphatic heterocycles. The monoisotopic (exact) mass is 301 g/mol. The van der Waals surface area contributed by atoms with Crippen molar-refractivity contribution in [3.8, 4) is 0 Å². The first-order valence-electron chi connectivity index (χ1n) is 3.37. The van der Waals surface area contributed by atoms with Gasteiger partial charge in [0.05, 0.1) is 12.2 Å². The van der Waals surface area contributed by atoms with E-state index in [-0.39, 0.29) is 10.2 Å². The highest BCUT2D eigenvalue weighted by Gasteiger charge is 2.18. The smallest absolute Gasteiger partial charge is 0.270 e. The molecule has 3 nitrogen and oxygen atoms in total. The highest BCUT2D eigenvalue weighted by atomic mass is 127. The first-order valence-corrected chi connectivity index (χ1v) is 4.44. The summed E-state index contributed by atoms with van der Waals surface area (Å²) in [4.78, 5) is 13.1. The van der Waals surface area contributed by atoms with E-state index in [0.717, 1.165) is 0 Å². The molecule has 2 N–H and O–H groups in total. The van der Waals surface area contributed by atoms with Crippen LogP contribution in [-0.2, 0) is 6.61 Å². The van der Waals surface area contributed by atoms with Gasteiger partial charge in [0.1, 0.15) is 0 Å². The van der Waals surface area contributed by atoms with Gasteiger partial charge in [0.15, 0.2) is 0 Å². The number of H-pyrrole nitrogens is 1. The maximum absolute atomic E-state index is 12.3. The van der Waals surface area contributed by atoms with Crippen molar-refractivity contribution >= 4 is 22.6 Å². The van der Waals surface area contributed by atoms with Crippen LogP contribution in [0, 0.1) is 3.57 Å². The van der Waals surface area contributed by atoms with Gasteiger partial charge in [-0.25, -0.2) is 8.78 Å². The van der Waals surface area contributed by atoms with Gasteiger partial charge in [-0.3, -0.25) is 4.79 Å². The molecular formula is C7H6F2INO2. The van der Waals surface area contributed by atoms with E-state index in [0.29, 0.717) is 5.56 Å². The minimum Gasteiger partial charge on any atom is -0.392 e. The fourth-order valence-corrected chi connectivity index (χ4v) is 1.68. The predicted octanol–water partition coefficient (Wildman–Crippen LogP) is 1.41. The van der Waals surface area contributed by atoms with Crippen molar-refractivity contribution in [2.24, 2.45) is 0 Å². The van der Waals surface area contributed by atoms with Crippen molar-refractivity contribution in [3.63, 3.8) is 0 Å². The second kappa shape index (κ2) is 4.14. The molecule has 0 fully saturated rings. The summed E-state index contributed by atoms with van der Waals surface area (Å²) in [5.41, 5.74) is -1.08. The number of nitrogens with one attached hydrogen (secondary N) is 1. The van der Waals surface area contributed by atoms with Gasteiger partial charge in [-0.1, -0.05) is 0 Å². The third-order valence-electron chi connectivity index (χ3n) is 1.53. The first-order chi connectivity index (χ1) is 6.07. The Balaban J connectivity index is 3.39. The Morgan fingerprint density at radius 1 is 1.62 bits per heavy atom. The average Bonchev–Trinajstić information content (AvgIpc) is 2.04. The van der Waals surface area contributed by atoms with Gasteiger partial charge in [0, 0.05) is 15.3 Å². The Morgan fingerprint density at radius 2 is 2.23 bits per heavy atom. The zero-order valence-electron chi connectivity index (χ0n) is 6.35. The topological polar surface area (TPSA) is 53.1 Å². The van der Waals surface area contributed by atoms with Gasteiger partial charge in [-0.2, -0.15) is 0 Å². The molecule has 1 aromatic heterocycles. The fourth-order valence-electron chi connectivity index (χ4n) is 0.876. The summed E-state index contributed by atoms with van der Waals surface area (Å²) < 4.78 is 24.7. The van der Waals surface area contributed by atoms with Crippen LogP contribution in [0.3, 0.4) is 0 Å². The lowest BCUT2D eigenvalue weighted by atomic mass is 10.2. The number of aliphatic hydroxyl groups is 1. The van der Waals surface area contributed by atoms with Crippen molar-refractivity contribution in [2.45, 2.75) is 13.0 Å². The van der Waals surface area contributed by atoms with E-state index < -0.39 is 17.5 Å². The number of halogens is 3. The lowest BCUT2D eigenvalue weighted by molar-refractivity contribution is 0.148. The van der Waals surface area contributed by atoms with Gasteiger partial charge >= 0.3 is 0 Å². The van der Waals surface area contributed by atoms with Crippen LogP contribution in [0.5, 0.6) is 0 Å². The molecule has 0 aliphatic carbocycles. The first kappa shape index (κ1) is 10.6. The molecule has 0 bridgehead atoms. The highest BCUT2D eigenvalue weighted by molar-refractivity contribution is 14.1. The molecular weight excluding hydrogens is 295 g/mol. The lowest BCUT2D eigenvalue weighted by Crippen LogP contribution is -2.16. The molecule has 0 radical (unpaired) electrons. The molecule has 0 aliphatic rings. The summed E-state index contributed by atoms with van der Waals surface area (Å²) in [6.07, 6.45) is -1.59. The highest BCUT2D eigenvalue weighted by Crippen LogP contribution is 2.22. The number of hydrogen-bond acceptors (Lipinski definition) is 2. The normalized spacial score (nSPS) is 10.8. The third-order valence-corrected chi connectivity index (χ3v) is 2.80. The van der Waals surface area contributed by atoms with Crippen LogP contribution in [0.15, 0.2) is 11.0 Å². The van der Waals surface area contributed by atoms with E-state index in [4.69, 9.17) is 5.11 Å². The summed E-state index contributed by atoms with van der Waals surface area (Å²) in [5.74, 6) is 0. The molecule has 1 rings (SSSR count). The molecule has 1 aromatic rings. The number of hydrogen-bond donors (Lipinski definition) is 2. The Kier molecular flexibility index (Phi) is 3.37. The quantitative estimate of drug-likeness (QED) is 0.812. The van der Waals surface area contributed by atoms with Crippen molar-refractivity contribution in [3.05, 3.63) is 31.2 Å². The van der Waals surface area contributed by atoms with Crippen molar-refractivity contribution in [2.75, 3.05) is 0 Å². The molecule has 1 heterocycles. The number of aromatic amines is 1. The van der Waals surface area contributed by atoms with E-state index >= 15 is 0 Å². The van der Waals surface area contributed by atoms with E-state index in [1.807, 2.05) is 0 Å². The standard InChI is InChI=1S/C7H6F2INO2/c8-6(9)4-5(10)3(2-12)1-11-7(4)13/h1,6,12H,2H2,(H,11,13). The maximum atomic E-state index is 12.3. The van der Waals surface area contributed by atoms with Gasteiger partial charge in [0.25, 0.3) is 12.0 Å². The zero-order chi connectivity index (χ0) is 10.0. The minimum absolute atomic E-state index is 0.124. The van der Waals surface area contributed by atoms with E-state index in [9.17, 15) is 13.6 Å². The predicted molar refractivity (Wildman–Crippen MR) is 50.7 cm³/mol.